The highest BCUT2D eigenvalue weighted by Gasteiger charge is 2.25. The van der Waals surface area contributed by atoms with E-state index < -0.39 is 0 Å². The van der Waals surface area contributed by atoms with Crippen LogP contribution in [0.1, 0.15) is 31.4 Å². The highest BCUT2D eigenvalue weighted by Crippen LogP contribution is 2.37. The molecule has 3 rings (SSSR count). The van der Waals surface area contributed by atoms with Crippen LogP contribution in [-0.2, 0) is 0 Å². The van der Waals surface area contributed by atoms with Crippen molar-refractivity contribution in [3.8, 4) is 17.1 Å². The first-order chi connectivity index (χ1) is 13.8. The molecule has 2 amide bonds. The number of hydrogen-bond donors (Lipinski definition) is 2. The van der Waals surface area contributed by atoms with Crippen molar-refractivity contribution in [2.24, 2.45) is 0 Å². The highest BCUT2D eigenvalue weighted by atomic mass is 35.5. The molecule has 1 aliphatic heterocycles. The van der Waals surface area contributed by atoms with Crippen molar-refractivity contribution in [3.63, 3.8) is 0 Å². The summed E-state index contributed by atoms with van der Waals surface area (Å²) in [5.41, 5.74) is 2.02. The second-order valence-electron chi connectivity index (χ2n) is 7.42. The second kappa shape index (κ2) is 9.15. The largest absolute Gasteiger partial charge is 0.479 e. The molecule has 1 aromatic carbocycles. The van der Waals surface area contributed by atoms with Gasteiger partial charge in [0.05, 0.1) is 16.1 Å². The average Bonchev–Trinajstić information content (AvgIpc) is 2.70. The number of aromatic nitrogens is 2. The topological polar surface area (TPSA) is 81.6 Å². The van der Waals surface area contributed by atoms with Crippen LogP contribution >= 0.6 is 23.2 Å². The van der Waals surface area contributed by atoms with Crippen molar-refractivity contribution in [1.29, 1.82) is 0 Å². The van der Waals surface area contributed by atoms with Crippen LogP contribution in [0.3, 0.4) is 0 Å². The Bertz CT molecular complexity index is 870. The number of piperidine rings is 1. The van der Waals surface area contributed by atoms with E-state index in [1.807, 2.05) is 26.1 Å². The smallest absolute Gasteiger partial charge is 0.317 e. The summed E-state index contributed by atoms with van der Waals surface area (Å²) in [6.45, 7) is 3.85. The zero-order valence-corrected chi connectivity index (χ0v) is 18.2. The van der Waals surface area contributed by atoms with Crippen LogP contribution in [0.4, 0.5) is 4.79 Å². The van der Waals surface area contributed by atoms with E-state index in [2.05, 4.69) is 27.2 Å². The zero-order valence-electron chi connectivity index (χ0n) is 16.7. The van der Waals surface area contributed by atoms with E-state index in [1.165, 1.54) is 12.4 Å². The van der Waals surface area contributed by atoms with Crippen molar-refractivity contribution < 1.29 is 9.90 Å². The van der Waals surface area contributed by atoms with Gasteiger partial charge in [-0.2, -0.15) is 0 Å². The fourth-order valence-corrected chi connectivity index (χ4v) is 4.10. The molecule has 0 saturated carbocycles. The first kappa shape index (κ1) is 21.6. The van der Waals surface area contributed by atoms with E-state index in [1.54, 1.807) is 4.90 Å². The number of aromatic hydroxyl groups is 1. The maximum atomic E-state index is 12.7. The van der Waals surface area contributed by atoms with Crippen LogP contribution in [0.2, 0.25) is 10.0 Å². The number of nitrogens with zero attached hydrogens (tertiary/aromatic N) is 4. The Morgan fingerprint density at radius 1 is 1.24 bits per heavy atom. The number of likely N-dealkylation sites (tertiary alicyclic amines) is 1. The van der Waals surface area contributed by atoms with E-state index in [4.69, 9.17) is 23.2 Å². The van der Waals surface area contributed by atoms with Crippen molar-refractivity contribution in [3.05, 3.63) is 40.1 Å². The SMILES string of the molecule is CC(NC(=O)N(C)C1CCN(C)CC1)c1ccc(-c2cnc(O)nc2)c(Cl)c1Cl. The maximum Gasteiger partial charge on any atom is 0.317 e. The number of amides is 2. The highest BCUT2D eigenvalue weighted by molar-refractivity contribution is 6.44. The quantitative estimate of drug-likeness (QED) is 0.756. The molecule has 0 aliphatic carbocycles. The molecule has 1 atom stereocenters. The fraction of sp³-hybridized carbons (Fsp3) is 0.450. The Labute approximate surface area is 180 Å². The number of urea groups is 1. The molecule has 2 aromatic rings. The third kappa shape index (κ3) is 4.91. The predicted molar refractivity (Wildman–Crippen MR) is 114 cm³/mol. The molecule has 156 valence electrons. The van der Waals surface area contributed by atoms with E-state index in [0.29, 0.717) is 21.2 Å². The molecule has 1 aromatic heterocycles. The first-order valence-corrected chi connectivity index (χ1v) is 10.2. The standard InChI is InChI=1S/C20H25Cl2N5O2/c1-12(25-20(29)27(3)14-6-8-26(2)9-7-14)15-4-5-16(18(22)17(15)21)13-10-23-19(28)24-11-13/h4-5,10-12,14H,6-9H2,1-3H3,(H,25,29)(H,23,24,28). The lowest BCUT2D eigenvalue weighted by atomic mass is 10.0. The van der Waals surface area contributed by atoms with Crippen LogP contribution in [-0.4, -0.2) is 64.1 Å². The second-order valence-corrected chi connectivity index (χ2v) is 8.17. The van der Waals surface area contributed by atoms with Crippen molar-refractivity contribution >= 4 is 29.2 Å². The molecule has 2 N–H and O–H groups in total. The summed E-state index contributed by atoms with van der Waals surface area (Å²) in [6.07, 6.45) is 4.87. The normalized spacial score (nSPS) is 16.4. The Morgan fingerprint density at radius 3 is 2.48 bits per heavy atom. The molecule has 1 saturated heterocycles. The maximum absolute atomic E-state index is 12.7. The minimum absolute atomic E-state index is 0.129. The summed E-state index contributed by atoms with van der Waals surface area (Å²) in [7, 11) is 3.93. The third-order valence-corrected chi connectivity index (χ3v) is 6.32. The molecule has 9 heteroatoms. The average molecular weight is 438 g/mol. The van der Waals surface area contributed by atoms with Crippen LogP contribution in [0.5, 0.6) is 6.01 Å². The number of nitrogens with one attached hydrogen (secondary N) is 1. The fourth-order valence-electron chi connectivity index (χ4n) is 3.49. The molecule has 0 radical (unpaired) electrons. The van der Waals surface area contributed by atoms with Crippen LogP contribution in [0.25, 0.3) is 11.1 Å². The summed E-state index contributed by atoms with van der Waals surface area (Å²) < 4.78 is 0. The van der Waals surface area contributed by atoms with Crippen LogP contribution in [0.15, 0.2) is 24.5 Å². The number of hydrogen-bond acceptors (Lipinski definition) is 5. The van der Waals surface area contributed by atoms with E-state index in [0.717, 1.165) is 31.5 Å². The molecular formula is C20H25Cl2N5O2. The van der Waals surface area contributed by atoms with E-state index in [9.17, 15) is 9.90 Å². The lowest BCUT2D eigenvalue weighted by Gasteiger charge is -2.35. The van der Waals surface area contributed by atoms with Gasteiger partial charge in [0.25, 0.3) is 0 Å². The van der Waals surface area contributed by atoms with Crippen LogP contribution in [0, 0.1) is 0 Å². The van der Waals surface area contributed by atoms with Crippen LogP contribution < -0.4 is 5.32 Å². The first-order valence-electron chi connectivity index (χ1n) is 9.49. The lowest BCUT2D eigenvalue weighted by Crippen LogP contribution is -2.48. The third-order valence-electron chi connectivity index (χ3n) is 5.42. The zero-order chi connectivity index (χ0) is 21.1. The summed E-state index contributed by atoms with van der Waals surface area (Å²) >= 11 is 13.0. The van der Waals surface area contributed by atoms with Gasteiger partial charge >= 0.3 is 12.0 Å². The Balaban J connectivity index is 1.72. The predicted octanol–water partition coefficient (Wildman–Crippen LogP) is 3.95. The van der Waals surface area contributed by atoms with Crippen molar-refractivity contribution in [1.82, 2.24) is 25.1 Å². The monoisotopic (exact) mass is 437 g/mol. The van der Waals surface area contributed by atoms with Gasteiger partial charge in [0, 0.05) is 36.6 Å². The molecule has 29 heavy (non-hydrogen) atoms. The Morgan fingerprint density at radius 2 is 1.86 bits per heavy atom. The van der Waals surface area contributed by atoms with Gasteiger partial charge in [-0.05, 0) is 45.5 Å². The van der Waals surface area contributed by atoms with Gasteiger partial charge in [-0.25, -0.2) is 14.8 Å². The minimum Gasteiger partial charge on any atom is -0.479 e. The van der Waals surface area contributed by atoms with Crippen molar-refractivity contribution in [2.45, 2.75) is 31.8 Å². The van der Waals surface area contributed by atoms with Gasteiger partial charge in [0.1, 0.15) is 0 Å². The van der Waals surface area contributed by atoms with Gasteiger partial charge < -0.3 is 20.2 Å². The minimum atomic E-state index is -0.314. The van der Waals surface area contributed by atoms with Gasteiger partial charge in [-0.15, -0.1) is 0 Å². The Kier molecular flexibility index (Phi) is 6.82. The molecule has 1 unspecified atom stereocenters. The summed E-state index contributed by atoms with van der Waals surface area (Å²) in [4.78, 5) is 24.3. The molecular weight excluding hydrogens is 413 g/mol. The van der Waals surface area contributed by atoms with Gasteiger partial charge in [-0.3, -0.25) is 0 Å². The summed E-state index contributed by atoms with van der Waals surface area (Å²) in [5, 5.41) is 13.0. The molecule has 2 heterocycles. The van der Waals surface area contributed by atoms with E-state index >= 15 is 0 Å². The number of rotatable bonds is 4. The summed E-state index contributed by atoms with van der Waals surface area (Å²) in [6, 6.07) is 3.12. The van der Waals surface area contributed by atoms with Crippen molar-refractivity contribution in [2.75, 3.05) is 27.2 Å². The molecule has 1 aliphatic rings. The summed E-state index contributed by atoms with van der Waals surface area (Å²) in [5.74, 6) is 0. The Hall–Kier alpha value is -2.09. The van der Waals surface area contributed by atoms with Gasteiger partial charge in [0.15, 0.2) is 0 Å². The van der Waals surface area contributed by atoms with E-state index in [-0.39, 0.29) is 24.1 Å². The number of benzene rings is 1. The number of carbonyl (C=O) groups excluding carboxylic acids is 1. The van der Waals surface area contributed by atoms with Gasteiger partial charge in [-0.1, -0.05) is 35.3 Å². The lowest BCUT2D eigenvalue weighted by molar-refractivity contribution is 0.146. The molecule has 0 bridgehead atoms. The van der Waals surface area contributed by atoms with Gasteiger partial charge in [0.2, 0.25) is 0 Å². The number of halogens is 2. The number of carbonyl (C=O) groups is 1. The molecule has 1 fully saturated rings. The molecule has 0 spiro atoms. The molecule has 7 nitrogen and oxygen atoms in total.